The predicted octanol–water partition coefficient (Wildman–Crippen LogP) is 2.67. The van der Waals surface area contributed by atoms with Gasteiger partial charge in [-0.25, -0.2) is 4.79 Å². The minimum absolute atomic E-state index is 0.233. The Bertz CT molecular complexity index is 570. The van der Waals surface area contributed by atoms with Gasteiger partial charge in [0.2, 0.25) is 0 Å². The summed E-state index contributed by atoms with van der Waals surface area (Å²) in [6.45, 7) is 0.253. The first-order chi connectivity index (χ1) is 10.7. The highest BCUT2D eigenvalue weighted by molar-refractivity contribution is 5.74. The van der Waals surface area contributed by atoms with Gasteiger partial charge in [-0.3, -0.25) is 0 Å². The molecule has 0 spiro atoms. The number of hydrogen-bond donors (Lipinski definition) is 1. The number of nitriles is 1. The van der Waals surface area contributed by atoms with Crippen LogP contribution in [0.2, 0.25) is 0 Å². The highest BCUT2D eigenvalue weighted by atomic mass is 19.4. The summed E-state index contributed by atoms with van der Waals surface area (Å²) in [6, 6.07) is 7.83. The Morgan fingerprint density at radius 2 is 2.17 bits per heavy atom. The molecule has 0 bridgehead atoms. The maximum absolute atomic E-state index is 12.0. The fourth-order valence-corrected chi connectivity index (χ4v) is 1.80. The third-order valence-electron chi connectivity index (χ3n) is 2.83. The molecule has 1 N–H and O–H groups in total. The van der Waals surface area contributed by atoms with Gasteiger partial charge in [0.25, 0.3) is 0 Å². The van der Waals surface area contributed by atoms with Gasteiger partial charge in [0, 0.05) is 13.6 Å². The zero-order chi connectivity index (χ0) is 17.5. The van der Waals surface area contributed by atoms with Gasteiger partial charge in [0.1, 0.15) is 6.61 Å². The van der Waals surface area contributed by atoms with E-state index in [2.05, 4.69) is 10.1 Å². The number of carbonyl (C=O) groups excluding carboxylic acids is 1. The Morgan fingerprint density at radius 3 is 2.78 bits per heavy atom. The second kappa shape index (κ2) is 8.39. The average Bonchev–Trinajstić information content (AvgIpc) is 2.45. The number of nitrogens with one attached hydrogen (secondary N) is 1. The third-order valence-corrected chi connectivity index (χ3v) is 2.83. The first-order valence-electron chi connectivity index (χ1n) is 6.86. The highest BCUT2D eigenvalue weighted by Gasteiger charge is 2.27. The van der Waals surface area contributed by atoms with E-state index >= 15 is 0 Å². The van der Waals surface area contributed by atoms with E-state index in [9.17, 15) is 18.0 Å². The van der Waals surface area contributed by atoms with Gasteiger partial charge in [0.05, 0.1) is 24.3 Å². The molecule has 126 valence electrons. The molecule has 0 aromatic heterocycles. The second-order valence-electron chi connectivity index (χ2n) is 5.15. The Hall–Kier alpha value is -2.27. The van der Waals surface area contributed by atoms with Crippen LogP contribution in [0.3, 0.4) is 0 Å². The number of benzene rings is 1. The molecule has 0 aliphatic heterocycles. The van der Waals surface area contributed by atoms with Crippen LogP contribution < -0.4 is 5.32 Å². The molecule has 1 unspecified atom stereocenters. The second-order valence-corrected chi connectivity index (χ2v) is 5.15. The van der Waals surface area contributed by atoms with Gasteiger partial charge in [-0.05, 0) is 24.6 Å². The largest absolute Gasteiger partial charge is 0.411 e. The van der Waals surface area contributed by atoms with Crippen molar-refractivity contribution in [3.05, 3.63) is 35.4 Å². The smallest absolute Gasteiger partial charge is 0.370 e. The monoisotopic (exact) mass is 329 g/mol. The molecule has 0 aliphatic rings. The lowest BCUT2D eigenvalue weighted by atomic mass is 10.1. The first-order valence-corrected chi connectivity index (χ1v) is 6.86. The summed E-state index contributed by atoms with van der Waals surface area (Å²) in [4.78, 5) is 13.3. The summed E-state index contributed by atoms with van der Waals surface area (Å²) >= 11 is 0. The van der Waals surface area contributed by atoms with E-state index in [4.69, 9.17) is 5.26 Å². The fourth-order valence-electron chi connectivity index (χ4n) is 1.80. The van der Waals surface area contributed by atoms with Gasteiger partial charge in [-0.2, -0.15) is 18.4 Å². The van der Waals surface area contributed by atoms with Crippen molar-refractivity contribution in [2.24, 2.45) is 0 Å². The van der Waals surface area contributed by atoms with Crippen molar-refractivity contribution in [3.8, 4) is 6.07 Å². The summed E-state index contributed by atoms with van der Waals surface area (Å²) < 4.78 is 40.4. The lowest BCUT2D eigenvalue weighted by Crippen LogP contribution is -2.43. The zero-order valence-electron chi connectivity index (χ0n) is 12.9. The quantitative estimate of drug-likeness (QED) is 0.872. The number of nitrogens with zero attached hydrogens (tertiary/aromatic N) is 2. The van der Waals surface area contributed by atoms with E-state index in [0.29, 0.717) is 5.56 Å². The number of rotatable bonds is 6. The van der Waals surface area contributed by atoms with Crippen LogP contribution in [-0.4, -0.2) is 43.4 Å². The van der Waals surface area contributed by atoms with E-state index < -0.39 is 24.9 Å². The molecule has 1 aromatic carbocycles. The molecule has 0 fully saturated rings. The molecule has 23 heavy (non-hydrogen) atoms. The van der Waals surface area contributed by atoms with Crippen LogP contribution in [0, 0.1) is 11.3 Å². The van der Waals surface area contributed by atoms with Crippen molar-refractivity contribution in [2.45, 2.75) is 25.7 Å². The van der Waals surface area contributed by atoms with Crippen LogP contribution in [0.15, 0.2) is 24.3 Å². The molecule has 0 aliphatic carbocycles. The van der Waals surface area contributed by atoms with E-state index in [1.54, 1.807) is 38.2 Å². The molecular weight excluding hydrogens is 311 g/mol. The Morgan fingerprint density at radius 1 is 1.48 bits per heavy atom. The summed E-state index contributed by atoms with van der Waals surface area (Å²) in [5.74, 6) is 0. The molecule has 0 saturated carbocycles. The summed E-state index contributed by atoms with van der Waals surface area (Å²) in [6.07, 6.45) is -4.38. The van der Waals surface area contributed by atoms with Gasteiger partial charge in [0.15, 0.2) is 0 Å². The molecule has 1 atom stereocenters. The standard InChI is InChI=1S/C15H18F3N3O2/c1-11(9-23-10-15(16,17)18)20-14(22)21(2)8-13-5-3-4-12(6-13)7-19/h3-6,11H,8-10H2,1-2H3,(H,20,22). The molecule has 2 amide bonds. The SMILES string of the molecule is CC(COCC(F)(F)F)NC(=O)N(C)Cc1cccc(C#N)c1. The lowest BCUT2D eigenvalue weighted by molar-refractivity contribution is -0.174. The number of amides is 2. The van der Waals surface area contributed by atoms with Gasteiger partial charge in [-0.15, -0.1) is 0 Å². The van der Waals surface area contributed by atoms with Crippen molar-refractivity contribution in [3.63, 3.8) is 0 Å². The predicted molar refractivity (Wildman–Crippen MR) is 77.5 cm³/mol. The average molecular weight is 329 g/mol. The van der Waals surface area contributed by atoms with Gasteiger partial charge in [-0.1, -0.05) is 12.1 Å². The van der Waals surface area contributed by atoms with Crippen molar-refractivity contribution < 1.29 is 22.7 Å². The molecule has 0 heterocycles. The Kier molecular flexibility index (Phi) is 6.85. The van der Waals surface area contributed by atoms with Crippen LogP contribution in [0.5, 0.6) is 0 Å². The number of urea groups is 1. The molecule has 1 rings (SSSR count). The first kappa shape index (κ1) is 18.8. The van der Waals surface area contributed by atoms with Crippen LogP contribution in [0.25, 0.3) is 0 Å². The van der Waals surface area contributed by atoms with Crippen LogP contribution in [0.1, 0.15) is 18.1 Å². The fraction of sp³-hybridized carbons (Fsp3) is 0.467. The minimum atomic E-state index is -4.38. The van der Waals surface area contributed by atoms with E-state index in [-0.39, 0.29) is 13.2 Å². The zero-order valence-corrected chi connectivity index (χ0v) is 12.9. The summed E-state index contributed by atoms with van der Waals surface area (Å²) in [7, 11) is 1.55. The summed E-state index contributed by atoms with van der Waals surface area (Å²) in [5.41, 5.74) is 1.27. The number of carbonyl (C=O) groups is 1. The van der Waals surface area contributed by atoms with Crippen LogP contribution in [-0.2, 0) is 11.3 Å². The van der Waals surface area contributed by atoms with Crippen LogP contribution >= 0.6 is 0 Å². The van der Waals surface area contributed by atoms with Crippen molar-refractivity contribution in [2.75, 3.05) is 20.3 Å². The molecule has 0 radical (unpaired) electrons. The lowest BCUT2D eigenvalue weighted by Gasteiger charge is -2.21. The Labute approximate surface area is 132 Å². The van der Waals surface area contributed by atoms with Gasteiger partial charge >= 0.3 is 12.2 Å². The molecule has 5 nitrogen and oxygen atoms in total. The van der Waals surface area contributed by atoms with Crippen LogP contribution in [0.4, 0.5) is 18.0 Å². The molecule has 1 aromatic rings. The topological polar surface area (TPSA) is 65.4 Å². The number of hydrogen-bond acceptors (Lipinski definition) is 3. The van der Waals surface area contributed by atoms with Crippen molar-refractivity contribution in [1.29, 1.82) is 5.26 Å². The minimum Gasteiger partial charge on any atom is -0.370 e. The number of halogens is 3. The maximum atomic E-state index is 12.0. The van der Waals surface area contributed by atoms with E-state index in [1.807, 2.05) is 6.07 Å². The van der Waals surface area contributed by atoms with E-state index in [1.165, 1.54) is 4.90 Å². The molecule has 8 heteroatoms. The summed E-state index contributed by atoms with van der Waals surface area (Å²) in [5, 5.41) is 11.4. The maximum Gasteiger partial charge on any atom is 0.411 e. The molecular formula is C15H18F3N3O2. The third kappa shape index (κ3) is 7.51. The number of ether oxygens (including phenoxy) is 1. The normalized spacial score (nSPS) is 12.3. The Balaban J connectivity index is 2.42. The van der Waals surface area contributed by atoms with Crippen molar-refractivity contribution >= 4 is 6.03 Å². The molecule has 0 saturated heterocycles. The highest BCUT2D eigenvalue weighted by Crippen LogP contribution is 2.14. The van der Waals surface area contributed by atoms with E-state index in [0.717, 1.165) is 5.56 Å². The van der Waals surface area contributed by atoms with Crippen molar-refractivity contribution in [1.82, 2.24) is 10.2 Å². The number of alkyl halides is 3. The van der Waals surface area contributed by atoms with Gasteiger partial charge < -0.3 is 15.0 Å².